The van der Waals surface area contributed by atoms with E-state index in [1.807, 2.05) is 63.9 Å². The van der Waals surface area contributed by atoms with Gasteiger partial charge in [-0.3, -0.25) is 0 Å². The summed E-state index contributed by atoms with van der Waals surface area (Å²) in [5.41, 5.74) is 0. The second-order valence-electron chi connectivity index (χ2n) is 3.92. The van der Waals surface area contributed by atoms with Crippen molar-refractivity contribution in [3.63, 3.8) is 0 Å². The molecule has 2 rings (SSSR count). The van der Waals surface area contributed by atoms with Crippen molar-refractivity contribution in [2.75, 3.05) is 0 Å². The van der Waals surface area contributed by atoms with E-state index < -0.39 is 0 Å². The van der Waals surface area contributed by atoms with Gasteiger partial charge in [0.1, 0.15) is 0 Å². The molecule has 0 aliphatic heterocycles. The van der Waals surface area contributed by atoms with Crippen LogP contribution in [0.15, 0.2) is 12.7 Å². The zero-order chi connectivity index (χ0) is 12.3. The van der Waals surface area contributed by atoms with E-state index in [4.69, 9.17) is 0 Å². The van der Waals surface area contributed by atoms with Crippen molar-refractivity contribution >= 4 is 0 Å². The van der Waals surface area contributed by atoms with Crippen molar-refractivity contribution < 1.29 is 22.2 Å². The Balaban J connectivity index is 0.000000405. The number of allylic oxidation sites excluding steroid dienone is 1. The average molecular weight is 284 g/mol. The fraction of sp³-hybridized carbons (Fsp3) is 0.250. The fourth-order valence-corrected chi connectivity index (χ4v) is 1.55. The summed E-state index contributed by atoms with van der Waals surface area (Å²) in [6.07, 6.45) is 22.2. The molecule has 0 amide bonds. The third-order valence-corrected chi connectivity index (χ3v) is 2.51. The molecule has 2 aliphatic rings. The van der Waals surface area contributed by atoms with E-state index in [0.29, 0.717) is 0 Å². The maximum atomic E-state index is 9.60. The van der Waals surface area contributed by atoms with Crippen molar-refractivity contribution in [1.82, 2.24) is 0 Å². The van der Waals surface area contributed by atoms with Crippen LogP contribution in [0.25, 0.3) is 0 Å². The van der Waals surface area contributed by atoms with E-state index in [1.54, 1.807) is 0 Å². The quantitative estimate of drug-likeness (QED) is 0.467. The van der Waals surface area contributed by atoms with Crippen molar-refractivity contribution in [3.05, 3.63) is 76.4 Å². The van der Waals surface area contributed by atoms with Crippen molar-refractivity contribution in [3.8, 4) is 0 Å². The van der Waals surface area contributed by atoms with Crippen LogP contribution in [0.1, 0.15) is 19.3 Å². The largest absolute Gasteiger partial charge is 2.00 e. The molecule has 0 aromatic heterocycles. The third kappa shape index (κ3) is 8.34. The van der Waals surface area contributed by atoms with Crippen molar-refractivity contribution in [2.45, 2.75) is 25.4 Å². The normalized spacial score (nSPS) is 20.7. The molecule has 0 aromatic carbocycles. The molecule has 96 valence electrons. The monoisotopic (exact) mass is 284 g/mol. The number of hydrogen-bond acceptors (Lipinski definition) is 1. The Labute approximate surface area is 124 Å². The van der Waals surface area contributed by atoms with Gasteiger partial charge in [0.25, 0.3) is 0 Å². The van der Waals surface area contributed by atoms with Crippen molar-refractivity contribution in [2.24, 2.45) is 0 Å². The molecule has 2 heteroatoms. The van der Waals surface area contributed by atoms with Gasteiger partial charge in [0.05, 0.1) is 6.10 Å². The molecule has 18 heavy (non-hydrogen) atoms. The predicted molar refractivity (Wildman–Crippen MR) is 72.0 cm³/mol. The van der Waals surface area contributed by atoms with E-state index in [-0.39, 0.29) is 23.2 Å². The van der Waals surface area contributed by atoms with E-state index in [2.05, 4.69) is 6.58 Å². The Bertz CT molecular complexity index is 176. The summed E-state index contributed by atoms with van der Waals surface area (Å²) < 4.78 is 0. The van der Waals surface area contributed by atoms with E-state index in [9.17, 15) is 5.11 Å². The summed E-state index contributed by atoms with van der Waals surface area (Å²) >= 11 is 0. The molecule has 0 aromatic rings. The summed E-state index contributed by atoms with van der Waals surface area (Å²) in [4.78, 5) is 0. The van der Waals surface area contributed by atoms with Crippen LogP contribution in [-0.2, 0) is 17.1 Å². The molecule has 2 saturated carbocycles. The summed E-state index contributed by atoms with van der Waals surface area (Å²) in [6.45, 7) is 3.64. The second kappa shape index (κ2) is 12.3. The van der Waals surface area contributed by atoms with Gasteiger partial charge in [-0.05, 0) is 77.0 Å². The molecule has 0 heterocycles. The first-order valence-electron chi connectivity index (χ1n) is 6.02. The summed E-state index contributed by atoms with van der Waals surface area (Å²) in [5.74, 6) is 1.03. The molecule has 2 aliphatic carbocycles. The van der Waals surface area contributed by atoms with Gasteiger partial charge in [-0.1, -0.05) is 6.08 Å². The Kier molecular flexibility index (Phi) is 12.4. The molecular weight excluding hydrogens is 264 g/mol. The van der Waals surface area contributed by atoms with Crippen LogP contribution in [0, 0.1) is 63.7 Å². The summed E-state index contributed by atoms with van der Waals surface area (Å²) in [5, 5.41) is 9.60. The first-order valence-corrected chi connectivity index (χ1v) is 6.02. The second-order valence-corrected chi connectivity index (χ2v) is 3.92. The first kappa shape index (κ1) is 18.2. The summed E-state index contributed by atoms with van der Waals surface area (Å²) in [6, 6.07) is 0. The zero-order valence-corrected chi connectivity index (χ0v) is 11.6. The van der Waals surface area contributed by atoms with Crippen LogP contribution >= 0.6 is 0 Å². The predicted octanol–water partition coefficient (Wildman–Crippen LogP) is 3.13. The van der Waals surface area contributed by atoms with Crippen LogP contribution in [-0.4, -0.2) is 11.2 Å². The molecule has 1 N–H and O–H groups in total. The van der Waals surface area contributed by atoms with E-state index in [1.165, 1.54) is 0 Å². The Morgan fingerprint density at radius 2 is 1.50 bits per heavy atom. The Hall–Kier alpha value is 0.219. The molecule has 2 fully saturated rings. The minimum atomic E-state index is -0.292. The number of hydrogen-bond donors (Lipinski definition) is 1. The molecule has 10 radical (unpaired) electrons. The van der Waals surface area contributed by atoms with Gasteiger partial charge in [-0.2, -0.15) is 0 Å². The van der Waals surface area contributed by atoms with Gasteiger partial charge >= 0.3 is 17.1 Å². The standard InChI is InChI=1S/C11H15O.C5H5.Fe/c1-2-3-4-9-11(12)10-7-5-6-8-10;1-2-4-5-3-1;/h2,5-8,11-12H,1,3-4,9H2;1-5H;/q;;+2. The zero-order valence-electron chi connectivity index (χ0n) is 10.5. The number of rotatable bonds is 5. The van der Waals surface area contributed by atoms with Gasteiger partial charge in [-0.15, -0.1) is 6.58 Å². The van der Waals surface area contributed by atoms with Gasteiger partial charge < -0.3 is 5.11 Å². The van der Waals surface area contributed by atoms with Crippen LogP contribution < -0.4 is 0 Å². The van der Waals surface area contributed by atoms with Gasteiger partial charge in [0.2, 0.25) is 0 Å². The molecular formula is C16H20FeO+2. The smallest absolute Gasteiger partial charge is 0.393 e. The molecule has 1 nitrogen and oxygen atoms in total. The number of aliphatic hydroxyl groups is 1. The van der Waals surface area contributed by atoms with Crippen LogP contribution in [0.3, 0.4) is 0 Å². The molecule has 0 spiro atoms. The van der Waals surface area contributed by atoms with Crippen LogP contribution in [0.2, 0.25) is 0 Å². The van der Waals surface area contributed by atoms with Gasteiger partial charge in [0, 0.05) is 5.92 Å². The van der Waals surface area contributed by atoms with Gasteiger partial charge in [-0.25, -0.2) is 0 Å². The summed E-state index contributed by atoms with van der Waals surface area (Å²) in [7, 11) is 0. The SMILES string of the molecule is C=CCCCC(O)[C]1[CH][CH][CH][CH]1.[CH]1[CH][CH][CH][CH]1.[Fe+2]. The van der Waals surface area contributed by atoms with Gasteiger partial charge in [0.15, 0.2) is 0 Å². The topological polar surface area (TPSA) is 20.2 Å². The number of unbranched alkanes of at least 4 members (excludes halogenated alkanes) is 1. The van der Waals surface area contributed by atoms with Crippen LogP contribution in [0.4, 0.5) is 0 Å². The number of aliphatic hydroxyl groups excluding tert-OH is 1. The Morgan fingerprint density at radius 1 is 1.00 bits per heavy atom. The minimum Gasteiger partial charge on any atom is -0.393 e. The molecule has 0 saturated heterocycles. The molecule has 0 bridgehead atoms. The van der Waals surface area contributed by atoms with E-state index >= 15 is 0 Å². The fourth-order valence-electron chi connectivity index (χ4n) is 1.55. The van der Waals surface area contributed by atoms with Crippen molar-refractivity contribution in [1.29, 1.82) is 0 Å². The average Bonchev–Trinajstić information content (AvgIpc) is 3.05. The molecule has 1 unspecified atom stereocenters. The van der Waals surface area contributed by atoms with E-state index in [0.717, 1.165) is 25.2 Å². The Morgan fingerprint density at radius 3 is 1.94 bits per heavy atom. The maximum absolute atomic E-state index is 9.60. The first-order chi connectivity index (χ1) is 8.34. The maximum Gasteiger partial charge on any atom is 2.00 e. The molecule has 1 atom stereocenters. The van der Waals surface area contributed by atoms with Crippen LogP contribution in [0.5, 0.6) is 0 Å². The third-order valence-electron chi connectivity index (χ3n) is 2.51. The minimum absolute atomic E-state index is 0.